The fourth-order valence-corrected chi connectivity index (χ4v) is 3.98. The second-order valence-corrected chi connectivity index (χ2v) is 7.74. The van der Waals surface area contributed by atoms with Crippen LogP contribution in [0.3, 0.4) is 0 Å². The number of carbonyl (C=O) groups excluding carboxylic acids is 1. The van der Waals surface area contributed by atoms with Gasteiger partial charge in [-0.25, -0.2) is 4.39 Å². The summed E-state index contributed by atoms with van der Waals surface area (Å²) >= 11 is 0. The number of rotatable bonds is 4. The van der Waals surface area contributed by atoms with Gasteiger partial charge in [-0.3, -0.25) is 4.79 Å². The van der Waals surface area contributed by atoms with Crippen molar-refractivity contribution in [1.82, 2.24) is 5.32 Å². The van der Waals surface area contributed by atoms with Crippen molar-refractivity contribution in [2.45, 2.75) is 51.9 Å². The molecule has 1 saturated carbocycles. The summed E-state index contributed by atoms with van der Waals surface area (Å²) in [5.74, 6) is 0.681. The lowest BCUT2D eigenvalue weighted by molar-refractivity contribution is -0.131. The Hall–Kier alpha value is -1.58. The van der Waals surface area contributed by atoms with Crippen molar-refractivity contribution in [2.75, 3.05) is 24.5 Å². The van der Waals surface area contributed by atoms with Gasteiger partial charge in [0.15, 0.2) is 0 Å². The minimum atomic E-state index is -0.273. The van der Waals surface area contributed by atoms with Gasteiger partial charge in [0.05, 0.1) is 0 Å². The van der Waals surface area contributed by atoms with E-state index < -0.39 is 0 Å². The van der Waals surface area contributed by atoms with E-state index in [9.17, 15) is 9.18 Å². The number of halogens is 1. The number of benzene rings is 1. The topological polar surface area (TPSA) is 32.3 Å². The highest BCUT2D eigenvalue weighted by Gasteiger charge is 2.37. The molecule has 0 aromatic heterocycles. The average Bonchev–Trinajstić information content (AvgIpc) is 2.62. The third-order valence-corrected chi connectivity index (χ3v) is 5.88. The van der Waals surface area contributed by atoms with E-state index >= 15 is 0 Å². The molecule has 0 atom stereocenters. The molecule has 2 aliphatic rings. The standard InChI is InChI=1S/C20H29FN2O/c1-20(19(24)22-15-16-5-3-2-4-6-16)11-13-23(14-12-20)18-9-7-17(21)8-10-18/h7-10,16H,2-6,11-15H2,1H3,(H,22,24). The molecule has 132 valence electrons. The maximum atomic E-state index is 13.0. The Kier molecular flexibility index (Phi) is 5.42. The lowest BCUT2D eigenvalue weighted by Crippen LogP contribution is -2.48. The van der Waals surface area contributed by atoms with Gasteiger partial charge in [-0.1, -0.05) is 26.2 Å². The molecule has 1 aromatic carbocycles. The number of hydrogen-bond donors (Lipinski definition) is 1. The molecule has 0 spiro atoms. The Morgan fingerprint density at radius 1 is 1.17 bits per heavy atom. The van der Waals surface area contributed by atoms with Crippen molar-refractivity contribution in [1.29, 1.82) is 0 Å². The van der Waals surface area contributed by atoms with Gasteiger partial charge in [0.25, 0.3) is 0 Å². The first kappa shape index (κ1) is 17.2. The van der Waals surface area contributed by atoms with Crippen LogP contribution in [0.5, 0.6) is 0 Å². The molecule has 0 radical (unpaired) electrons. The van der Waals surface area contributed by atoms with Gasteiger partial charge in [-0.15, -0.1) is 0 Å². The normalized spacial score (nSPS) is 21.5. The van der Waals surface area contributed by atoms with Crippen LogP contribution in [0.2, 0.25) is 0 Å². The summed E-state index contributed by atoms with van der Waals surface area (Å²) in [6.07, 6.45) is 8.18. The van der Waals surface area contributed by atoms with Crippen LogP contribution >= 0.6 is 0 Å². The van der Waals surface area contributed by atoms with E-state index in [4.69, 9.17) is 0 Å². The van der Waals surface area contributed by atoms with Crippen LogP contribution in [-0.2, 0) is 4.79 Å². The SMILES string of the molecule is CC1(C(=O)NCC2CCCCC2)CCN(c2ccc(F)cc2)CC1. The molecule has 2 fully saturated rings. The Morgan fingerprint density at radius 3 is 2.42 bits per heavy atom. The molecular formula is C20H29FN2O. The van der Waals surface area contributed by atoms with E-state index in [1.54, 1.807) is 0 Å². The summed E-state index contributed by atoms with van der Waals surface area (Å²) < 4.78 is 13.0. The Balaban J connectivity index is 1.49. The van der Waals surface area contributed by atoms with Crippen molar-refractivity contribution >= 4 is 11.6 Å². The van der Waals surface area contributed by atoms with Crippen molar-refractivity contribution in [3.63, 3.8) is 0 Å². The predicted molar refractivity (Wildman–Crippen MR) is 95.5 cm³/mol. The van der Waals surface area contributed by atoms with Crippen molar-refractivity contribution in [3.8, 4) is 0 Å². The number of piperidine rings is 1. The molecule has 1 saturated heterocycles. The summed E-state index contributed by atoms with van der Waals surface area (Å²) in [4.78, 5) is 14.9. The molecule has 3 rings (SSSR count). The monoisotopic (exact) mass is 332 g/mol. The highest BCUT2D eigenvalue weighted by molar-refractivity contribution is 5.82. The highest BCUT2D eigenvalue weighted by atomic mass is 19.1. The van der Waals surface area contributed by atoms with Crippen LogP contribution in [0, 0.1) is 17.2 Å². The molecule has 1 N–H and O–H groups in total. The molecule has 1 aliphatic carbocycles. The van der Waals surface area contributed by atoms with Gasteiger partial charge < -0.3 is 10.2 Å². The Morgan fingerprint density at radius 2 is 1.79 bits per heavy atom. The van der Waals surface area contributed by atoms with E-state index in [1.807, 2.05) is 12.1 Å². The molecule has 4 heteroatoms. The van der Waals surface area contributed by atoms with Gasteiger partial charge >= 0.3 is 0 Å². The predicted octanol–water partition coefficient (Wildman–Crippen LogP) is 4.13. The first-order valence-electron chi connectivity index (χ1n) is 9.36. The minimum absolute atomic E-state index is 0.206. The fraction of sp³-hybridized carbons (Fsp3) is 0.650. The Bertz CT molecular complexity index is 543. The zero-order valence-electron chi connectivity index (χ0n) is 14.7. The third kappa shape index (κ3) is 4.08. The number of nitrogens with one attached hydrogen (secondary N) is 1. The lowest BCUT2D eigenvalue weighted by atomic mass is 9.79. The number of hydrogen-bond acceptors (Lipinski definition) is 2. The molecule has 3 nitrogen and oxygen atoms in total. The van der Waals surface area contributed by atoms with E-state index in [0.29, 0.717) is 5.92 Å². The van der Waals surface area contributed by atoms with Crippen LogP contribution in [0.4, 0.5) is 10.1 Å². The van der Waals surface area contributed by atoms with E-state index in [1.165, 1.54) is 44.2 Å². The van der Waals surface area contributed by atoms with Crippen molar-refractivity contribution < 1.29 is 9.18 Å². The maximum absolute atomic E-state index is 13.0. The van der Waals surface area contributed by atoms with Gasteiger partial charge in [0.2, 0.25) is 5.91 Å². The average molecular weight is 332 g/mol. The van der Waals surface area contributed by atoms with Crippen LogP contribution in [-0.4, -0.2) is 25.5 Å². The summed E-state index contributed by atoms with van der Waals surface area (Å²) in [5, 5.41) is 3.22. The second-order valence-electron chi connectivity index (χ2n) is 7.74. The summed E-state index contributed by atoms with van der Waals surface area (Å²) in [6.45, 7) is 4.62. The summed E-state index contributed by atoms with van der Waals surface area (Å²) in [6, 6.07) is 6.64. The van der Waals surface area contributed by atoms with E-state index in [2.05, 4.69) is 17.1 Å². The molecular weight excluding hydrogens is 303 g/mol. The van der Waals surface area contributed by atoms with Crippen LogP contribution in [0.1, 0.15) is 51.9 Å². The fourth-order valence-electron chi connectivity index (χ4n) is 3.98. The zero-order chi connectivity index (χ0) is 17.0. The molecule has 0 bridgehead atoms. The summed E-state index contributed by atoms with van der Waals surface area (Å²) in [7, 11) is 0. The maximum Gasteiger partial charge on any atom is 0.226 e. The smallest absolute Gasteiger partial charge is 0.226 e. The van der Waals surface area contributed by atoms with Crippen molar-refractivity contribution in [3.05, 3.63) is 30.1 Å². The van der Waals surface area contributed by atoms with Crippen LogP contribution in [0.25, 0.3) is 0 Å². The Labute approximate surface area is 144 Å². The molecule has 0 unspecified atom stereocenters. The summed E-state index contributed by atoms with van der Waals surface area (Å²) in [5.41, 5.74) is 0.770. The number of amides is 1. The van der Waals surface area contributed by atoms with E-state index in [0.717, 1.165) is 38.2 Å². The minimum Gasteiger partial charge on any atom is -0.371 e. The van der Waals surface area contributed by atoms with Gasteiger partial charge in [0.1, 0.15) is 5.82 Å². The second kappa shape index (κ2) is 7.54. The number of nitrogens with zero attached hydrogens (tertiary/aromatic N) is 1. The molecule has 24 heavy (non-hydrogen) atoms. The van der Waals surface area contributed by atoms with Gasteiger partial charge in [-0.05, 0) is 55.9 Å². The first-order chi connectivity index (χ1) is 11.6. The quantitative estimate of drug-likeness (QED) is 0.899. The molecule has 1 heterocycles. The zero-order valence-corrected chi connectivity index (χ0v) is 14.7. The largest absolute Gasteiger partial charge is 0.371 e. The van der Waals surface area contributed by atoms with Crippen LogP contribution in [0.15, 0.2) is 24.3 Å². The third-order valence-electron chi connectivity index (χ3n) is 5.88. The molecule has 1 amide bonds. The lowest BCUT2D eigenvalue weighted by Gasteiger charge is -2.39. The first-order valence-corrected chi connectivity index (χ1v) is 9.36. The van der Waals surface area contributed by atoms with E-state index in [-0.39, 0.29) is 17.1 Å². The van der Waals surface area contributed by atoms with Gasteiger partial charge in [-0.2, -0.15) is 0 Å². The number of carbonyl (C=O) groups is 1. The highest BCUT2D eigenvalue weighted by Crippen LogP contribution is 2.33. The van der Waals surface area contributed by atoms with Crippen LogP contribution < -0.4 is 10.2 Å². The molecule has 1 aliphatic heterocycles. The molecule has 1 aromatic rings. The number of anilines is 1. The van der Waals surface area contributed by atoms with Crippen molar-refractivity contribution in [2.24, 2.45) is 11.3 Å². The van der Waals surface area contributed by atoms with Gasteiger partial charge in [0, 0.05) is 30.7 Å².